The van der Waals surface area contributed by atoms with Gasteiger partial charge in [-0.15, -0.1) is 0 Å². The molecule has 0 saturated carbocycles. The van der Waals surface area contributed by atoms with Crippen LogP contribution in [0.3, 0.4) is 0 Å². The first-order valence-electron chi connectivity index (χ1n) is 4.88. The molecule has 0 aliphatic heterocycles. The Hall–Kier alpha value is -1.70. The second kappa shape index (κ2) is 5.96. The van der Waals surface area contributed by atoms with Gasteiger partial charge < -0.3 is 15.7 Å². The van der Waals surface area contributed by atoms with Crippen molar-refractivity contribution < 1.29 is 27.5 Å². The van der Waals surface area contributed by atoms with Crippen LogP contribution >= 0.6 is 11.6 Å². The molecular formula is C10H9ClF4N2O2. The van der Waals surface area contributed by atoms with Crippen molar-refractivity contribution in [2.24, 2.45) is 16.8 Å². The molecule has 0 aromatic heterocycles. The lowest BCUT2D eigenvalue weighted by atomic mass is 10.1. The summed E-state index contributed by atoms with van der Waals surface area (Å²) in [6.45, 7) is -1.06. The number of oxime groups is 1. The predicted molar refractivity (Wildman–Crippen MR) is 59.9 cm³/mol. The third kappa shape index (κ3) is 3.88. The SMILES string of the molecule is N/C(=N/O)C(COc1c(F)cccc1Cl)C(F)(F)F. The van der Waals surface area contributed by atoms with Crippen molar-refractivity contribution in [3.05, 3.63) is 29.0 Å². The smallest absolute Gasteiger partial charge is 0.402 e. The maximum atomic E-state index is 13.3. The number of hydrogen-bond acceptors (Lipinski definition) is 3. The molecule has 0 radical (unpaired) electrons. The Balaban J connectivity index is 2.89. The molecule has 0 saturated heterocycles. The Morgan fingerprint density at radius 2 is 2.11 bits per heavy atom. The monoisotopic (exact) mass is 300 g/mol. The van der Waals surface area contributed by atoms with E-state index in [1.807, 2.05) is 0 Å². The van der Waals surface area contributed by atoms with Crippen molar-refractivity contribution in [3.63, 3.8) is 0 Å². The van der Waals surface area contributed by atoms with E-state index in [2.05, 4.69) is 9.89 Å². The van der Waals surface area contributed by atoms with E-state index in [1.165, 1.54) is 12.1 Å². The number of nitrogens with zero attached hydrogens (tertiary/aromatic N) is 1. The molecule has 1 atom stereocenters. The third-order valence-corrected chi connectivity index (χ3v) is 2.48. The Kier molecular flexibility index (Phi) is 4.82. The minimum absolute atomic E-state index is 0.180. The maximum Gasteiger partial charge on any atom is 0.402 e. The van der Waals surface area contributed by atoms with E-state index in [4.69, 9.17) is 22.5 Å². The number of alkyl halides is 3. The van der Waals surface area contributed by atoms with Gasteiger partial charge in [-0.25, -0.2) is 4.39 Å². The Morgan fingerprint density at radius 1 is 1.47 bits per heavy atom. The molecule has 0 aliphatic carbocycles. The molecule has 0 spiro atoms. The van der Waals surface area contributed by atoms with Crippen LogP contribution in [0.15, 0.2) is 23.4 Å². The van der Waals surface area contributed by atoms with Crippen molar-refractivity contribution in [1.82, 2.24) is 0 Å². The fourth-order valence-electron chi connectivity index (χ4n) is 1.20. The lowest BCUT2D eigenvalue weighted by Crippen LogP contribution is -2.40. The summed E-state index contributed by atoms with van der Waals surface area (Å²) in [7, 11) is 0. The maximum absolute atomic E-state index is 13.3. The number of para-hydroxylation sites is 1. The van der Waals surface area contributed by atoms with Crippen molar-refractivity contribution in [2.75, 3.05) is 6.61 Å². The van der Waals surface area contributed by atoms with Gasteiger partial charge >= 0.3 is 6.18 Å². The highest BCUT2D eigenvalue weighted by atomic mass is 35.5. The van der Waals surface area contributed by atoms with Gasteiger partial charge in [0.05, 0.1) is 5.02 Å². The van der Waals surface area contributed by atoms with E-state index in [9.17, 15) is 17.6 Å². The summed E-state index contributed by atoms with van der Waals surface area (Å²) in [6, 6.07) is 3.51. The first-order chi connectivity index (χ1) is 8.77. The van der Waals surface area contributed by atoms with E-state index in [0.29, 0.717) is 0 Å². The van der Waals surface area contributed by atoms with Gasteiger partial charge in [-0.1, -0.05) is 22.8 Å². The minimum Gasteiger partial charge on any atom is -0.488 e. The van der Waals surface area contributed by atoms with Gasteiger partial charge in [0, 0.05) is 0 Å². The normalized spacial score (nSPS) is 14.3. The molecular weight excluding hydrogens is 292 g/mol. The quantitative estimate of drug-likeness (QED) is 0.295. The van der Waals surface area contributed by atoms with Gasteiger partial charge in [0.15, 0.2) is 17.4 Å². The van der Waals surface area contributed by atoms with Crippen molar-refractivity contribution in [3.8, 4) is 5.75 Å². The number of hydrogen-bond donors (Lipinski definition) is 2. The first-order valence-corrected chi connectivity index (χ1v) is 5.26. The van der Waals surface area contributed by atoms with Gasteiger partial charge in [-0.3, -0.25) is 0 Å². The summed E-state index contributed by atoms with van der Waals surface area (Å²) >= 11 is 5.58. The fourth-order valence-corrected chi connectivity index (χ4v) is 1.42. The summed E-state index contributed by atoms with van der Waals surface area (Å²) in [5.41, 5.74) is 4.92. The zero-order valence-electron chi connectivity index (χ0n) is 9.29. The molecule has 0 aliphatic rings. The van der Waals surface area contributed by atoms with Gasteiger partial charge in [-0.05, 0) is 12.1 Å². The second-order valence-electron chi connectivity index (χ2n) is 3.48. The molecule has 1 rings (SSSR count). The zero-order chi connectivity index (χ0) is 14.6. The Morgan fingerprint density at radius 3 is 2.58 bits per heavy atom. The Labute approximate surface area is 110 Å². The third-order valence-electron chi connectivity index (χ3n) is 2.18. The predicted octanol–water partition coefficient (Wildman–Crippen LogP) is 2.78. The summed E-state index contributed by atoms with van der Waals surface area (Å²) in [4.78, 5) is 0. The molecule has 106 valence electrons. The number of rotatable bonds is 4. The lowest BCUT2D eigenvalue weighted by molar-refractivity contribution is -0.162. The first kappa shape index (κ1) is 15.4. The number of amidine groups is 1. The van der Waals surface area contributed by atoms with Crippen LogP contribution in [0, 0.1) is 11.7 Å². The van der Waals surface area contributed by atoms with Crippen LogP contribution < -0.4 is 10.5 Å². The highest BCUT2D eigenvalue weighted by Gasteiger charge is 2.43. The van der Waals surface area contributed by atoms with Crippen LogP contribution in [-0.4, -0.2) is 23.8 Å². The summed E-state index contributed by atoms with van der Waals surface area (Å²) < 4.78 is 55.7. The molecule has 0 bridgehead atoms. The van der Waals surface area contributed by atoms with E-state index in [0.717, 1.165) is 6.07 Å². The number of benzene rings is 1. The molecule has 1 aromatic carbocycles. The number of nitrogens with two attached hydrogens (primary N) is 1. The van der Waals surface area contributed by atoms with Gasteiger partial charge in [0.2, 0.25) is 0 Å². The molecule has 19 heavy (non-hydrogen) atoms. The highest BCUT2D eigenvalue weighted by Crippen LogP contribution is 2.31. The fraction of sp³-hybridized carbons (Fsp3) is 0.300. The van der Waals surface area contributed by atoms with E-state index in [-0.39, 0.29) is 5.02 Å². The van der Waals surface area contributed by atoms with Crippen LogP contribution in [0.1, 0.15) is 0 Å². The van der Waals surface area contributed by atoms with Crippen LogP contribution in [0.2, 0.25) is 5.02 Å². The van der Waals surface area contributed by atoms with Gasteiger partial charge in [-0.2, -0.15) is 13.2 Å². The molecule has 0 heterocycles. The summed E-state index contributed by atoms with van der Waals surface area (Å²) in [6.07, 6.45) is -4.80. The van der Waals surface area contributed by atoms with Crippen molar-refractivity contribution in [2.45, 2.75) is 6.18 Å². The standard InChI is InChI=1S/C10H9ClF4N2O2/c11-6-2-1-3-7(12)8(6)19-4-5(9(16)17-18)10(13,14)15/h1-3,5,18H,4H2,(H2,16,17). The van der Waals surface area contributed by atoms with E-state index in [1.54, 1.807) is 0 Å². The molecule has 3 N–H and O–H groups in total. The van der Waals surface area contributed by atoms with Crippen LogP contribution in [0.5, 0.6) is 5.75 Å². The van der Waals surface area contributed by atoms with E-state index >= 15 is 0 Å². The molecule has 9 heteroatoms. The summed E-state index contributed by atoms with van der Waals surface area (Å²) in [5.74, 6) is -4.88. The highest BCUT2D eigenvalue weighted by molar-refractivity contribution is 6.32. The average Bonchev–Trinajstić information content (AvgIpc) is 2.30. The number of ether oxygens (including phenoxy) is 1. The number of halogens is 5. The Bertz CT molecular complexity index is 459. The topological polar surface area (TPSA) is 67.8 Å². The van der Waals surface area contributed by atoms with Crippen LogP contribution in [-0.2, 0) is 0 Å². The lowest BCUT2D eigenvalue weighted by Gasteiger charge is -2.19. The molecule has 0 amide bonds. The zero-order valence-corrected chi connectivity index (χ0v) is 10.0. The molecule has 4 nitrogen and oxygen atoms in total. The largest absolute Gasteiger partial charge is 0.488 e. The van der Waals surface area contributed by atoms with Crippen LogP contribution in [0.4, 0.5) is 17.6 Å². The molecule has 1 unspecified atom stereocenters. The second-order valence-corrected chi connectivity index (χ2v) is 3.89. The molecule has 1 aromatic rings. The van der Waals surface area contributed by atoms with Gasteiger partial charge in [0.25, 0.3) is 0 Å². The van der Waals surface area contributed by atoms with Crippen molar-refractivity contribution >= 4 is 17.4 Å². The van der Waals surface area contributed by atoms with Crippen molar-refractivity contribution in [1.29, 1.82) is 0 Å². The molecule has 0 fully saturated rings. The van der Waals surface area contributed by atoms with Crippen LogP contribution in [0.25, 0.3) is 0 Å². The minimum atomic E-state index is -4.80. The average molecular weight is 301 g/mol. The summed E-state index contributed by atoms with van der Waals surface area (Å²) in [5, 5.41) is 10.4. The van der Waals surface area contributed by atoms with E-state index < -0.39 is 36.1 Å². The van der Waals surface area contributed by atoms with Gasteiger partial charge in [0.1, 0.15) is 12.5 Å².